The van der Waals surface area contributed by atoms with Crippen molar-refractivity contribution in [3.05, 3.63) is 0 Å². The molecule has 0 bridgehead atoms. The summed E-state index contributed by atoms with van der Waals surface area (Å²) in [5, 5.41) is 12.1. The average molecular weight is 372 g/mol. The molecule has 0 aromatic heterocycles. The molecule has 2 aliphatic heterocycles. The van der Waals surface area contributed by atoms with Crippen molar-refractivity contribution in [1.29, 1.82) is 0 Å². The van der Waals surface area contributed by atoms with E-state index in [0.717, 1.165) is 64.3 Å². The molecule has 0 unspecified atom stereocenters. The van der Waals surface area contributed by atoms with Gasteiger partial charge in [0.05, 0.1) is 6.54 Å². The van der Waals surface area contributed by atoms with Gasteiger partial charge >= 0.3 is 12.0 Å². The number of carbonyl (C=O) groups excluding carboxylic acids is 1. The first-order chi connectivity index (χ1) is 12.0. The minimum atomic E-state index is -0.790. The lowest BCUT2D eigenvalue weighted by molar-refractivity contribution is -0.139. The van der Waals surface area contributed by atoms with Crippen LogP contribution in [-0.4, -0.2) is 88.9 Å². The maximum atomic E-state index is 12.6. The van der Waals surface area contributed by atoms with Crippen LogP contribution in [-0.2, 0) is 9.53 Å². The lowest BCUT2D eigenvalue weighted by Crippen LogP contribution is -2.59. The van der Waals surface area contributed by atoms with Crippen LogP contribution in [0.15, 0.2) is 0 Å². The molecule has 3 rings (SSSR count). The first-order valence-corrected chi connectivity index (χ1v) is 10.2. The highest BCUT2D eigenvalue weighted by molar-refractivity contribution is 8.00. The minimum absolute atomic E-state index is 0.0379. The normalized spacial score (nSPS) is 28.6. The van der Waals surface area contributed by atoms with Gasteiger partial charge in [0.2, 0.25) is 0 Å². The lowest BCUT2D eigenvalue weighted by atomic mass is 9.85. The van der Waals surface area contributed by atoms with Crippen LogP contribution in [0.25, 0.3) is 0 Å². The second-order valence-corrected chi connectivity index (χ2v) is 8.86. The summed E-state index contributed by atoms with van der Waals surface area (Å²) >= 11 is 2.00. The number of ether oxygens (including phenoxy) is 1. The van der Waals surface area contributed by atoms with E-state index in [-0.39, 0.29) is 29.4 Å². The van der Waals surface area contributed by atoms with E-state index in [9.17, 15) is 9.59 Å². The maximum absolute atomic E-state index is 12.6. The molecule has 0 atom stereocenters. The Morgan fingerprint density at radius 3 is 2.72 bits per heavy atom. The maximum Gasteiger partial charge on any atom is 0.317 e. The largest absolute Gasteiger partial charge is 0.480 e. The van der Waals surface area contributed by atoms with Crippen molar-refractivity contribution in [1.82, 2.24) is 15.1 Å². The van der Waals surface area contributed by atoms with Gasteiger partial charge in [0.15, 0.2) is 0 Å². The Balaban J connectivity index is 1.45. The van der Waals surface area contributed by atoms with Gasteiger partial charge < -0.3 is 20.1 Å². The Labute approximate surface area is 153 Å². The van der Waals surface area contributed by atoms with E-state index in [1.165, 1.54) is 0 Å². The van der Waals surface area contributed by atoms with Crippen LogP contribution in [0.4, 0.5) is 4.79 Å². The monoisotopic (exact) mass is 371 g/mol. The van der Waals surface area contributed by atoms with Crippen molar-refractivity contribution in [2.75, 3.05) is 45.1 Å². The van der Waals surface area contributed by atoms with E-state index in [4.69, 9.17) is 9.84 Å². The van der Waals surface area contributed by atoms with Crippen molar-refractivity contribution < 1.29 is 19.4 Å². The zero-order valence-corrected chi connectivity index (χ0v) is 15.7. The van der Waals surface area contributed by atoms with Gasteiger partial charge in [-0.1, -0.05) is 6.92 Å². The van der Waals surface area contributed by atoms with Crippen LogP contribution in [0.2, 0.25) is 0 Å². The summed E-state index contributed by atoms with van der Waals surface area (Å²) in [6, 6.07) is 0.474. The SMILES string of the molecule is CCN(CC(=O)O)C1CC(NC(=O)N2CCSC3(CCOCC3)C2)C1. The van der Waals surface area contributed by atoms with Crippen molar-refractivity contribution in [3.8, 4) is 0 Å². The molecule has 2 saturated heterocycles. The number of carboxylic acids is 1. The molecule has 2 N–H and O–H groups in total. The number of thioether (sulfide) groups is 1. The number of nitrogens with one attached hydrogen (secondary N) is 1. The van der Waals surface area contributed by atoms with E-state index in [0.29, 0.717) is 0 Å². The molecular formula is C17H29N3O4S. The zero-order valence-electron chi connectivity index (χ0n) is 14.9. The average Bonchev–Trinajstić information content (AvgIpc) is 2.56. The number of carboxylic acid groups (broad SMARTS) is 1. The highest BCUT2D eigenvalue weighted by Crippen LogP contribution is 2.39. The quantitative estimate of drug-likeness (QED) is 0.757. The third-order valence-electron chi connectivity index (χ3n) is 5.64. The third-order valence-corrected chi connectivity index (χ3v) is 7.18. The van der Waals surface area contributed by atoms with Gasteiger partial charge in [-0.05, 0) is 32.2 Å². The summed E-state index contributed by atoms with van der Waals surface area (Å²) in [6.07, 6.45) is 3.73. The van der Waals surface area contributed by atoms with Crippen LogP contribution in [0.5, 0.6) is 0 Å². The van der Waals surface area contributed by atoms with Crippen molar-refractivity contribution in [3.63, 3.8) is 0 Å². The van der Waals surface area contributed by atoms with Crippen molar-refractivity contribution in [2.45, 2.75) is 49.4 Å². The van der Waals surface area contributed by atoms with Crippen LogP contribution >= 0.6 is 11.8 Å². The highest BCUT2D eigenvalue weighted by atomic mass is 32.2. The molecule has 1 saturated carbocycles. The highest BCUT2D eigenvalue weighted by Gasteiger charge is 2.41. The molecule has 7 nitrogen and oxygen atoms in total. The molecule has 142 valence electrons. The predicted octanol–water partition coefficient (Wildman–Crippen LogP) is 1.23. The van der Waals surface area contributed by atoms with Crippen LogP contribution in [0.3, 0.4) is 0 Å². The molecule has 3 aliphatic rings. The fraction of sp³-hybridized carbons (Fsp3) is 0.882. The zero-order chi connectivity index (χ0) is 17.9. The number of likely N-dealkylation sites (N-methyl/N-ethyl adjacent to an activating group) is 1. The summed E-state index contributed by atoms with van der Waals surface area (Å²) in [6.45, 7) is 5.99. The Bertz CT molecular complexity index is 487. The number of urea groups is 1. The number of amides is 2. The molecule has 3 fully saturated rings. The Hall–Kier alpha value is -0.990. The Morgan fingerprint density at radius 1 is 1.36 bits per heavy atom. The van der Waals surface area contributed by atoms with Gasteiger partial charge in [0.1, 0.15) is 0 Å². The molecule has 2 amide bonds. The second-order valence-electron chi connectivity index (χ2n) is 7.29. The van der Waals surface area contributed by atoms with Gasteiger partial charge in [-0.3, -0.25) is 9.69 Å². The summed E-state index contributed by atoms with van der Waals surface area (Å²) < 4.78 is 5.65. The van der Waals surface area contributed by atoms with Gasteiger partial charge in [-0.2, -0.15) is 11.8 Å². The molecule has 8 heteroatoms. The first-order valence-electron chi connectivity index (χ1n) is 9.24. The van der Waals surface area contributed by atoms with Crippen molar-refractivity contribution >= 4 is 23.8 Å². The van der Waals surface area contributed by atoms with E-state index < -0.39 is 5.97 Å². The van der Waals surface area contributed by atoms with Gasteiger partial charge in [0, 0.05) is 48.9 Å². The van der Waals surface area contributed by atoms with E-state index in [1.807, 2.05) is 28.5 Å². The molecule has 1 spiro atoms. The summed E-state index contributed by atoms with van der Waals surface area (Å²) in [5.41, 5.74) is 0. The summed E-state index contributed by atoms with van der Waals surface area (Å²) in [4.78, 5) is 27.4. The minimum Gasteiger partial charge on any atom is -0.480 e. The third kappa shape index (κ3) is 4.60. The van der Waals surface area contributed by atoms with Crippen LogP contribution in [0.1, 0.15) is 32.6 Å². The Kier molecular flexibility index (Phi) is 6.12. The molecule has 25 heavy (non-hydrogen) atoms. The molecular weight excluding hydrogens is 342 g/mol. The lowest BCUT2D eigenvalue weighted by Gasteiger charge is -2.46. The molecule has 0 aromatic carbocycles. The van der Waals surface area contributed by atoms with Gasteiger partial charge in [0.25, 0.3) is 0 Å². The van der Waals surface area contributed by atoms with E-state index in [2.05, 4.69) is 5.32 Å². The summed E-state index contributed by atoms with van der Waals surface area (Å²) in [5.74, 6) is 0.199. The fourth-order valence-corrected chi connectivity index (χ4v) is 5.45. The van der Waals surface area contributed by atoms with Gasteiger partial charge in [-0.15, -0.1) is 0 Å². The molecule has 2 heterocycles. The Morgan fingerprint density at radius 2 is 2.08 bits per heavy atom. The topological polar surface area (TPSA) is 82.1 Å². The van der Waals surface area contributed by atoms with Crippen molar-refractivity contribution in [2.24, 2.45) is 0 Å². The number of hydrogen-bond donors (Lipinski definition) is 2. The first kappa shape index (κ1) is 18.8. The number of aliphatic carboxylic acids is 1. The smallest absolute Gasteiger partial charge is 0.317 e. The predicted molar refractivity (Wildman–Crippen MR) is 97.0 cm³/mol. The second kappa shape index (κ2) is 8.14. The number of carbonyl (C=O) groups is 2. The number of nitrogens with zero attached hydrogens (tertiary/aromatic N) is 2. The summed E-state index contributed by atoms with van der Waals surface area (Å²) in [7, 11) is 0. The van der Waals surface area contributed by atoms with E-state index in [1.54, 1.807) is 0 Å². The molecule has 0 radical (unpaired) electrons. The number of hydrogen-bond acceptors (Lipinski definition) is 5. The van der Waals surface area contributed by atoms with E-state index >= 15 is 0 Å². The number of rotatable bonds is 5. The molecule has 1 aliphatic carbocycles. The van der Waals surface area contributed by atoms with Gasteiger partial charge in [-0.25, -0.2) is 4.79 Å². The standard InChI is InChI=1S/C17H29N3O4S/c1-2-19(11-15(21)22)14-9-13(10-14)18-16(23)20-5-8-25-17(12-20)3-6-24-7-4-17/h13-14H,2-12H2,1H3,(H,18,23)(H,21,22). The van der Waals surface area contributed by atoms with Crippen LogP contribution < -0.4 is 5.32 Å². The van der Waals surface area contributed by atoms with Crippen LogP contribution in [0, 0.1) is 0 Å². The molecule has 0 aromatic rings. The fourth-order valence-electron chi connectivity index (χ4n) is 4.01.